The molecule has 4 rings (SSSR count). The summed E-state index contributed by atoms with van der Waals surface area (Å²) in [6.07, 6.45) is 0.859. The molecule has 0 bridgehead atoms. The first kappa shape index (κ1) is 22.5. The molecule has 0 aliphatic carbocycles. The average Bonchev–Trinajstić information content (AvgIpc) is 2.88. The molecule has 168 valence electrons. The molecule has 0 aromatic heterocycles. The van der Waals surface area contributed by atoms with Gasteiger partial charge in [0, 0.05) is 19.0 Å². The summed E-state index contributed by atoms with van der Waals surface area (Å²) in [6, 6.07) is 27.0. The van der Waals surface area contributed by atoms with Crippen molar-refractivity contribution in [2.75, 3.05) is 18.1 Å². The van der Waals surface area contributed by atoms with Crippen LogP contribution in [0.25, 0.3) is 0 Å². The Balaban J connectivity index is 1.43. The van der Waals surface area contributed by atoms with E-state index >= 15 is 0 Å². The zero-order valence-electron chi connectivity index (χ0n) is 18.0. The molecule has 1 saturated heterocycles. The molecule has 1 N–H and O–H groups in total. The summed E-state index contributed by atoms with van der Waals surface area (Å²) in [5.41, 5.74) is 5.08. The molecular weight excluding hydrogens is 436 g/mol. The highest BCUT2D eigenvalue weighted by Gasteiger charge is 2.32. The Hall–Kier alpha value is -3.67. The van der Waals surface area contributed by atoms with Crippen molar-refractivity contribution in [1.82, 2.24) is 9.73 Å². The van der Waals surface area contributed by atoms with E-state index in [9.17, 15) is 13.2 Å². The van der Waals surface area contributed by atoms with E-state index in [-0.39, 0.29) is 29.8 Å². The highest BCUT2D eigenvalue weighted by atomic mass is 32.2. The minimum absolute atomic E-state index is 0.141. The first-order valence-corrected chi connectivity index (χ1v) is 12.1. The molecule has 1 aliphatic heterocycles. The number of amides is 1. The van der Waals surface area contributed by atoms with Crippen LogP contribution >= 0.6 is 0 Å². The number of carbonyl (C=O) groups is 1. The van der Waals surface area contributed by atoms with E-state index in [1.807, 2.05) is 66.7 Å². The van der Waals surface area contributed by atoms with Crippen molar-refractivity contribution in [2.24, 2.45) is 5.92 Å². The van der Waals surface area contributed by atoms with Crippen LogP contribution in [0.5, 0.6) is 0 Å². The molecule has 7 nitrogen and oxygen atoms in total. The van der Waals surface area contributed by atoms with Gasteiger partial charge in [0.15, 0.2) is 0 Å². The number of piperidine rings is 1. The Morgan fingerprint density at radius 2 is 1.39 bits per heavy atom. The number of carbonyl (C=O) groups excluding carboxylic acids is 1. The van der Waals surface area contributed by atoms with E-state index in [4.69, 9.17) is 5.26 Å². The van der Waals surface area contributed by atoms with Gasteiger partial charge < -0.3 is 0 Å². The van der Waals surface area contributed by atoms with Crippen molar-refractivity contribution in [3.8, 4) is 6.07 Å². The normalized spacial score (nSPS) is 14.9. The van der Waals surface area contributed by atoms with Gasteiger partial charge in [0.1, 0.15) is 0 Å². The molecular formula is C25H24N4O3S. The summed E-state index contributed by atoms with van der Waals surface area (Å²) in [5, 5.41) is 10.7. The molecule has 1 heterocycles. The standard InChI is InChI=1S/C25H24N4O3S/c26-19-20-11-13-24(14-12-20)33(31,32)28-17-15-21(16-18-28)25(30)27-29(22-7-3-1-4-8-22)23-9-5-2-6-10-23/h1-14,21H,15-18H2,(H,27,30). The molecule has 33 heavy (non-hydrogen) atoms. The lowest BCUT2D eigenvalue weighted by atomic mass is 9.97. The fourth-order valence-corrected chi connectivity index (χ4v) is 5.31. The summed E-state index contributed by atoms with van der Waals surface area (Å²) in [6.45, 7) is 0.522. The van der Waals surface area contributed by atoms with Gasteiger partial charge >= 0.3 is 0 Å². The van der Waals surface area contributed by atoms with Gasteiger partial charge in [0.05, 0.1) is 27.9 Å². The van der Waals surface area contributed by atoms with E-state index in [1.54, 1.807) is 5.01 Å². The van der Waals surface area contributed by atoms with Crippen LogP contribution in [0.3, 0.4) is 0 Å². The van der Waals surface area contributed by atoms with Gasteiger partial charge in [-0.05, 0) is 61.4 Å². The molecule has 1 fully saturated rings. The van der Waals surface area contributed by atoms with Crippen LogP contribution in [-0.2, 0) is 14.8 Å². The monoisotopic (exact) mass is 460 g/mol. The van der Waals surface area contributed by atoms with Crippen LogP contribution in [0.4, 0.5) is 11.4 Å². The summed E-state index contributed by atoms with van der Waals surface area (Å²) in [4.78, 5) is 13.3. The van der Waals surface area contributed by atoms with Crippen molar-refractivity contribution >= 4 is 27.3 Å². The zero-order valence-corrected chi connectivity index (χ0v) is 18.8. The lowest BCUT2D eigenvalue weighted by Crippen LogP contribution is -2.47. The zero-order chi connectivity index (χ0) is 23.3. The number of hydrogen-bond donors (Lipinski definition) is 1. The summed E-state index contributed by atoms with van der Waals surface area (Å²) < 4.78 is 27.3. The smallest absolute Gasteiger partial charge is 0.243 e. The highest BCUT2D eigenvalue weighted by molar-refractivity contribution is 7.89. The largest absolute Gasteiger partial charge is 0.273 e. The molecule has 3 aromatic rings. The number of para-hydroxylation sites is 2. The van der Waals surface area contributed by atoms with Crippen molar-refractivity contribution < 1.29 is 13.2 Å². The van der Waals surface area contributed by atoms with E-state index in [1.165, 1.54) is 28.6 Å². The average molecular weight is 461 g/mol. The third kappa shape index (κ3) is 5.06. The van der Waals surface area contributed by atoms with Gasteiger partial charge in [-0.2, -0.15) is 9.57 Å². The maximum absolute atomic E-state index is 13.1. The highest BCUT2D eigenvalue weighted by Crippen LogP contribution is 2.26. The van der Waals surface area contributed by atoms with Gasteiger partial charge in [0.25, 0.3) is 0 Å². The van der Waals surface area contributed by atoms with E-state index in [0.29, 0.717) is 18.4 Å². The topological polar surface area (TPSA) is 93.5 Å². The van der Waals surface area contributed by atoms with Crippen LogP contribution < -0.4 is 10.4 Å². The van der Waals surface area contributed by atoms with Crippen LogP contribution in [0.15, 0.2) is 89.8 Å². The Bertz CT molecular complexity index is 1190. The molecule has 0 atom stereocenters. The third-order valence-corrected chi connectivity index (χ3v) is 7.61. The van der Waals surface area contributed by atoms with Gasteiger partial charge in [-0.3, -0.25) is 15.2 Å². The summed E-state index contributed by atoms with van der Waals surface area (Å²) in [7, 11) is -3.66. The van der Waals surface area contributed by atoms with Crippen molar-refractivity contribution in [2.45, 2.75) is 17.7 Å². The second-order valence-corrected chi connectivity index (χ2v) is 9.74. The minimum Gasteiger partial charge on any atom is -0.273 e. The van der Waals surface area contributed by atoms with Crippen molar-refractivity contribution in [1.29, 1.82) is 5.26 Å². The Morgan fingerprint density at radius 1 is 0.879 bits per heavy atom. The molecule has 3 aromatic carbocycles. The number of hydrazine groups is 1. The predicted octanol–water partition coefficient (Wildman–Crippen LogP) is 3.83. The van der Waals surface area contributed by atoms with Crippen LogP contribution in [0.2, 0.25) is 0 Å². The Kier molecular flexibility index (Phi) is 6.73. The quantitative estimate of drug-likeness (QED) is 0.565. The number of nitriles is 1. The minimum atomic E-state index is -3.66. The van der Waals surface area contributed by atoms with E-state index in [2.05, 4.69) is 5.43 Å². The maximum Gasteiger partial charge on any atom is 0.243 e. The number of anilines is 2. The van der Waals surface area contributed by atoms with Crippen LogP contribution in [0, 0.1) is 17.2 Å². The van der Waals surface area contributed by atoms with Gasteiger partial charge in [0.2, 0.25) is 15.9 Å². The number of nitrogens with one attached hydrogen (secondary N) is 1. The van der Waals surface area contributed by atoms with Gasteiger partial charge in [-0.15, -0.1) is 0 Å². The lowest BCUT2D eigenvalue weighted by molar-refractivity contribution is -0.126. The second-order valence-electron chi connectivity index (χ2n) is 7.80. The molecule has 8 heteroatoms. The molecule has 1 amide bonds. The van der Waals surface area contributed by atoms with Crippen LogP contribution in [-0.4, -0.2) is 31.7 Å². The number of rotatable bonds is 6. The number of benzene rings is 3. The Labute approximate surface area is 193 Å². The molecule has 0 spiro atoms. The third-order valence-electron chi connectivity index (χ3n) is 5.70. The fourth-order valence-electron chi connectivity index (χ4n) is 3.84. The van der Waals surface area contributed by atoms with Gasteiger partial charge in [-0.25, -0.2) is 8.42 Å². The molecule has 1 aliphatic rings. The number of nitrogens with zero attached hydrogens (tertiary/aromatic N) is 3. The van der Waals surface area contributed by atoms with E-state index < -0.39 is 10.0 Å². The summed E-state index contributed by atoms with van der Waals surface area (Å²) >= 11 is 0. The fraction of sp³-hybridized carbons (Fsp3) is 0.200. The summed E-state index contributed by atoms with van der Waals surface area (Å²) in [5.74, 6) is -0.439. The van der Waals surface area contributed by atoms with Crippen molar-refractivity contribution in [3.05, 3.63) is 90.5 Å². The SMILES string of the molecule is N#Cc1ccc(S(=O)(=O)N2CCC(C(=O)NN(c3ccccc3)c3ccccc3)CC2)cc1. The van der Waals surface area contributed by atoms with Gasteiger partial charge in [-0.1, -0.05) is 36.4 Å². The lowest BCUT2D eigenvalue weighted by Gasteiger charge is -2.32. The first-order chi connectivity index (χ1) is 16.0. The molecule has 0 saturated carbocycles. The Morgan fingerprint density at radius 3 is 1.88 bits per heavy atom. The predicted molar refractivity (Wildman–Crippen MR) is 126 cm³/mol. The number of hydrogen-bond acceptors (Lipinski definition) is 5. The first-order valence-electron chi connectivity index (χ1n) is 10.7. The number of sulfonamides is 1. The van der Waals surface area contributed by atoms with Crippen LogP contribution in [0.1, 0.15) is 18.4 Å². The molecule has 0 radical (unpaired) electrons. The van der Waals surface area contributed by atoms with Crippen molar-refractivity contribution in [3.63, 3.8) is 0 Å². The molecule has 0 unspecified atom stereocenters. The van der Waals surface area contributed by atoms with E-state index in [0.717, 1.165) is 11.4 Å². The second kappa shape index (κ2) is 9.86. The maximum atomic E-state index is 13.1.